The molecule has 0 saturated heterocycles. The van der Waals surface area contributed by atoms with Crippen LogP contribution in [0.3, 0.4) is 0 Å². The average molecular weight is 443 g/mol. The van der Waals surface area contributed by atoms with Gasteiger partial charge in [0.25, 0.3) is 11.8 Å². The van der Waals surface area contributed by atoms with Crippen LogP contribution >= 0.6 is 11.6 Å². The summed E-state index contributed by atoms with van der Waals surface area (Å²) in [5.74, 6) is -0.766. The van der Waals surface area contributed by atoms with Gasteiger partial charge in [-0.25, -0.2) is 8.42 Å². The van der Waals surface area contributed by atoms with E-state index in [0.717, 1.165) is 11.8 Å². The number of benzene rings is 3. The summed E-state index contributed by atoms with van der Waals surface area (Å²) in [5.41, 5.74) is 2.40. The highest BCUT2D eigenvalue weighted by atomic mass is 35.5. The minimum atomic E-state index is -3.43. The quantitative estimate of drug-likeness (QED) is 0.606. The van der Waals surface area contributed by atoms with Crippen LogP contribution in [0.1, 0.15) is 26.3 Å². The summed E-state index contributed by atoms with van der Waals surface area (Å²) in [6, 6.07) is 17.6. The molecule has 0 fully saturated rings. The second-order valence-corrected chi connectivity index (χ2v) is 9.14. The molecule has 154 valence electrons. The summed E-state index contributed by atoms with van der Waals surface area (Å²) in [7, 11) is -3.43. The van der Waals surface area contributed by atoms with Gasteiger partial charge in [-0.2, -0.15) is 0 Å². The van der Waals surface area contributed by atoms with Crippen LogP contribution in [0.15, 0.2) is 71.6 Å². The fraction of sp³-hybridized carbons (Fsp3) is 0.0909. The second-order valence-electron chi connectivity index (χ2n) is 6.72. The maximum atomic E-state index is 12.5. The number of hydrogen-bond donors (Lipinski definition) is 2. The zero-order chi connectivity index (χ0) is 21.9. The number of sulfone groups is 1. The molecule has 3 aromatic carbocycles. The molecule has 0 atom stereocenters. The molecule has 0 aliphatic rings. The molecule has 0 unspecified atom stereocenters. The third kappa shape index (κ3) is 5.06. The molecular weight excluding hydrogens is 424 g/mol. The molecule has 8 heteroatoms. The van der Waals surface area contributed by atoms with Crippen molar-refractivity contribution >= 4 is 44.6 Å². The van der Waals surface area contributed by atoms with E-state index >= 15 is 0 Å². The number of carbonyl (C=O) groups excluding carboxylic acids is 2. The minimum absolute atomic E-state index is 0.0514. The summed E-state index contributed by atoms with van der Waals surface area (Å²) in [6.45, 7) is 1.85. The van der Waals surface area contributed by atoms with Crippen molar-refractivity contribution in [3.8, 4) is 0 Å². The van der Waals surface area contributed by atoms with Crippen LogP contribution in [0.25, 0.3) is 0 Å². The number of rotatable bonds is 5. The lowest BCUT2D eigenvalue weighted by Gasteiger charge is -2.11. The van der Waals surface area contributed by atoms with E-state index in [0.29, 0.717) is 16.9 Å². The van der Waals surface area contributed by atoms with E-state index < -0.39 is 15.7 Å². The van der Waals surface area contributed by atoms with Gasteiger partial charge in [0.2, 0.25) is 0 Å². The molecule has 0 heterocycles. The SMILES string of the molecule is Cc1ccccc1C(=O)Nc1ccc(NC(=O)c2cccc(S(C)(=O)=O)c2)c(Cl)c1. The maximum Gasteiger partial charge on any atom is 0.255 e. The van der Waals surface area contributed by atoms with Crippen LogP contribution in [-0.4, -0.2) is 26.5 Å². The predicted molar refractivity (Wildman–Crippen MR) is 118 cm³/mol. The van der Waals surface area contributed by atoms with E-state index in [9.17, 15) is 18.0 Å². The third-order valence-corrected chi connectivity index (χ3v) is 5.81. The van der Waals surface area contributed by atoms with Gasteiger partial charge < -0.3 is 10.6 Å². The largest absolute Gasteiger partial charge is 0.322 e. The van der Waals surface area contributed by atoms with Crippen molar-refractivity contribution in [3.05, 3.63) is 88.4 Å². The first-order valence-corrected chi connectivity index (χ1v) is 11.2. The number of amides is 2. The number of hydrogen-bond acceptors (Lipinski definition) is 4. The van der Waals surface area contributed by atoms with Gasteiger partial charge >= 0.3 is 0 Å². The van der Waals surface area contributed by atoms with Gasteiger partial charge in [-0.1, -0.05) is 35.9 Å². The Kier molecular flexibility index (Phi) is 6.24. The molecule has 0 aliphatic carbocycles. The standard InChI is InChI=1S/C22H19ClN2O4S/c1-14-6-3-4-9-18(14)22(27)24-16-10-11-20(19(23)13-16)25-21(26)15-7-5-8-17(12-15)30(2,28)29/h3-13H,1-2H3,(H,24,27)(H,25,26). The molecular formula is C22H19ClN2O4S. The van der Waals surface area contributed by atoms with Crippen LogP contribution in [0, 0.1) is 6.92 Å². The lowest BCUT2D eigenvalue weighted by molar-refractivity contribution is 0.101. The molecule has 0 spiro atoms. The summed E-state index contributed by atoms with van der Waals surface area (Å²) < 4.78 is 23.4. The first kappa shape index (κ1) is 21.5. The van der Waals surface area contributed by atoms with Gasteiger partial charge in [-0.15, -0.1) is 0 Å². The maximum absolute atomic E-state index is 12.5. The molecule has 2 amide bonds. The zero-order valence-corrected chi connectivity index (χ0v) is 17.8. The molecule has 0 bridgehead atoms. The van der Waals surface area contributed by atoms with Crippen molar-refractivity contribution in [1.82, 2.24) is 0 Å². The Morgan fingerprint density at radius 3 is 2.27 bits per heavy atom. The minimum Gasteiger partial charge on any atom is -0.322 e. The van der Waals surface area contributed by atoms with Crippen molar-refractivity contribution in [2.24, 2.45) is 0 Å². The highest BCUT2D eigenvalue weighted by Crippen LogP contribution is 2.27. The summed E-state index contributed by atoms with van der Waals surface area (Å²) in [6.07, 6.45) is 1.07. The van der Waals surface area contributed by atoms with Crippen molar-refractivity contribution in [3.63, 3.8) is 0 Å². The average Bonchev–Trinajstić information content (AvgIpc) is 2.69. The fourth-order valence-electron chi connectivity index (χ4n) is 2.78. The van der Waals surface area contributed by atoms with Crippen LogP contribution in [0.2, 0.25) is 5.02 Å². The molecule has 30 heavy (non-hydrogen) atoms. The molecule has 6 nitrogen and oxygen atoms in total. The Balaban J connectivity index is 1.75. The molecule has 0 saturated carbocycles. The normalized spacial score (nSPS) is 11.0. The Hall–Kier alpha value is -3.16. The Bertz CT molecular complexity index is 1240. The highest BCUT2D eigenvalue weighted by Gasteiger charge is 2.14. The van der Waals surface area contributed by atoms with E-state index in [2.05, 4.69) is 10.6 Å². The highest BCUT2D eigenvalue weighted by molar-refractivity contribution is 7.90. The van der Waals surface area contributed by atoms with Gasteiger partial charge in [0, 0.05) is 23.1 Å². The van der Waals surface area contributed by atoms with Crippen molar-refractivity contribution in [1.29, 1.82) is 0 Å². The first-order valence-electron chi connectivity index (χ1n) is 8.93. The van der Waals surface area contributed by atoms with Crippen LogP contribution in [0.5, 0.6) is 0 Å². The fourth-order valence-corrected chi connectivity index (χ4v) is 3.68. The van der Waals surface area contributed by atoms with E-state index in [1.165, 1.54) is 30.3 Å². The van der Waals surface area contributed by atoms with Gasteiger partial charge in [0.1, 0.15) is 0 Å². The summed E-state index contributed by atoms with van der Waals surface area (Å²) in [5, 5.41) is 5.65. The van der Waals surface area contributed by atoms with E-state index in [1.807, 2.05) is 19.1 Å². The van der Waals surface area contributed by atoms with Gasteiger partial charge in [-0.05, 0) is 55.0 Å². The lowest BCUT2D eigenvalue weighted by Crippen LogP contribution is -2.14. The zero-order valence-electron chi connectivity index (χ0n) is 16.3. The van der Waals surface area contributed by atoms with Crippen molar-refractivity contribution < 1.29 is 18.0 Å². The molecule has 0 aromatic heterocycles. The van der Waals surface area contributed by atoms with Crippen molar-refractivity contribution in [2.45, 2.75) is 11.8 Å². The topological polar surface area (TPSA) is 92.3 Å². The van der Waals surface area contributed by atoms with Crippen molar-refractivity contribution in [2.75, 3.05) is 16.9 Å². The molecule has 3 rings (SSSR count). The Morgan fingerprint density at radius 1 is 0.867 bits per heavy atom. The Morgan fingerprint density at radius 2 is 1.60 bits per heavy atom. The van der Waals surface area contributed by atoms with Gasteiger partial charge in [-0.3, -0.25) is 9.59 Å². The number of aryl methyl sites for hydroxylation is 1. The van der Waals surface area contributed by atoms with E-state index in [4.69, 9.17) is 11.6 Å². The number of nitrogens with one attached hydrogen (secondary N) is 2. The third-order valence-electron chi connectivity index (χ3n) is 4.39. The van der Waals surface area contributed by atoms with E-state index in [1.54, 1.807) is 24.3 Å². The predicted octanol–water partition coefficient (Wildman–Crippen LogP) is 4.56. The number of carbonyl (C=O) groups is 2. The molecule has 0 aliphatic heterocycles. The van der Waals surface area contributed by atoms with Crippen LogP contribution in [0.4, 0.5) is 11.4 Å². The van der Waals surface area contributed by atoms with E-state index in [-0.39, 0.29) is 21.4 Å². The van der Waals surface area contributed by atoms with Gasteiger partial charge in [0.15, 0.2) is 9.84 Å². The summed E-state index contributed by atoms with van der Waals surface area (Å²) >= 11 is 6.26. The molecule has 0 radical (unpaired) electrons. The number of halogens is 1. The smallest absolute Gasteiger partial charge is 0.255 e. The lowest BCUT2D eigenvalue weighted by atomic mass is 10.1. The summed E-state index contributed by atoms with van der Waals surface area (Å²) in [4.78, 5) is 25.0. The van der Waals surface area contributed by atoms with Gasteiger partial charge in [0.05, 0.1) is 15.6 Å². The molecule has 3 aromatic rings. The monoisotopic (exact) mass is 442 g/mol. The van der Waals surface area contributed by atoms with Crippen LogP contribution < -0.4 is 10.6 Å². The molecule has 2 N–H and O–H groups in total. The number of anilines is 2. The first-order chi connectivity index (χ1) is 14.1. The Labute approximate surface area is 179 Å². The second kappa shape index (κ2) is 8.69. The van der Waals surface area contributed by atoms with Crippen LogP contribution in [-0.2, 0) is 9.84 Å².